The number of carbonyl (C=O) groups is 1. The zero-order valence-corrected chi connectivity index (χ0v) is 16.6. The monoisotopic (exact) mass is 413 g/mol. The largest absolute Gasteiger partial charge is 0.480 e. The van der Waals surface area contributed by atoms with Crippen LogP contribution in [0.2, 0.25) is 5.02 Å². The highest BCUT2D eigenvalue weighted by Gasteiger charge is 2.47. The zero-order valence-electron chi connectivity index (χ0n) is 15.9. The standard InChI is InChI=1S/C21H20ClN3O4/c1-28-19-12(3-4-18(24-19)25-10-21(11-25)5-2-6-29-21)13-7-14-15(20(26)27)9-23-17(14)8-16(13)22/h3-4,7-9,23H,2,5-6,10-11H2,1H3,(H,26,27). The molecule has 2 aliphatic rings. The van der Waals surface area contributed by atoms with Gasteiger partial charge in [0, 0.05) is 34.8 Å². The number of hydrogen-bond acceptors (Lipinski definition) is 5. The molecule has 0 aliphatic carbocycles. The van der Waals surface area contributed by atoms with Crippen LogP contribution >= 0.6 is 11.6 Å². The summed E-state index contributed by atoms with van der Waals surface area (Å²) in [7, 11) is 1.57. The molecule has 0 unspecified atom stereocenters. The maximum atomic E-state index is 11.5. The van der Waals surface area contributed by atoms with Crippen LogP contribution < -0.4 is 9.64 Å². The molecule has 1 spiro atoms. The maximum Gasteiger partial charge on any atom is 0.337 e. The predicted octanol–water partition coefficient (Wildman–Crippen LogP) is 3.96. The highest BCUT2D eigenvalue weighted by atomic mass is 35.5. The van der Waals surface area contributed by atoms with Crippen molar-refractivity contribution >= 4 is 34.3 Å². The number of aromatic nitrogens is 2. The van der Waals surface area contributed by atoms with E-state index in [0.29, 0.717) is 32.9 Å². The maximum absolute atomic E-state index is 11.5. The Hall–Kier alpha value is -2.77. The molecule has 2 aromatic heterocycles. The molecule has 29 heavy (non-hydrogen) atoms. The van der Waals surface area contributed by atoms with Crippen LogP contribution in [-0.2, 0) is 4.74 Å². The van der Waals surface area contributed by atoms with Gasteiger partial charge in [0.25, 0.3) is 0 Å². The Morgan fingerprint density at radius 3 is 2.86 bits per heavy atom. The van der Waals surface area contributed by atoms with Crippen molar-refractivity contribution < 1.29 is 19.4 Å². The quantitative estimate of drug-likeness (QED) is 0.673. The molecule has 7 nitrogen and oxygen atoms in total. The second-order valence-corrected chi connectivity index (χ2v) is 8.01. The summed E-state index contributed by atoms with van der Waals surface area (Å²) < 4.78 is 11.4. The number of ether oxygens (including phenoxy) is 2. The number of nitrogens with zero attached hydrogens (tertiary/aromatic N) is 2. The van der Waals surface area contributed by atoms with Crippen LogP contribution in [0.5, 0.6) is 5.88 Å². The van der Waals surface area contributed by atoms with Crippen LogP contribution in [0, 0.1) is 0 Å². The Kier molecular flexibility index (Phi) is 4.18. The van der Waals surface area contributed by atoms with Gasteiger partial charge in [0.15, 0.2) is 0 Å². The fraction of sp³-hybridized carbons (Fsp3) is 0.333. The molecule has 1 aromatic carbocycles. The minimum absolute atomic E-state index is 0.0105. The van der Waals surface area contributed by atoms with E-state index < -0.39 is 5.97 Å². The summed E-state index contributed by atoms with van der Waals surface area (Å²) in [6, 6.07) is 7.35. The average Bonchev–Trinajstić information content (AvgIpc) is 3.33. The second kappa shape index (κ2) is 6.64. The fourth-order valence-electron chi connectivity index (χ4n) is 4.31. The zero-order chi connectivity index (χ0) is 20.2. The number of benzene rings is 1. The van der Waals surface area contributed by atoms with Crippen molar-refractivity contribution in [1.82, 2.24) is 9.97 Å². The van der Waals surface area contributed by atoms with Gasteiger partial charge in [-0.2, -0.15) is 4.98 Å². The summed E-state index contributed by atoms with van der Waals surface area (Å²) >= 11 is 6.50. The molecular weight excluding hydrogens is 394 g/mol. The first-order chi connectivity index (χ1) is 14.0. The molecule has 2 fully saturated rings. The number of fused-ring (bicyclic) bond motifs is 1. The summed E-state index contributed by atoms with van der Waals surface area (Å²) in [4.78, 5) is 21.3. The number of hydrogen-bond donors (Lipinski definition) is 2. The van der Waals surface area contributed by atoms with Gasteiger partial charge in [0.2, 0.25) is 5.88 Å². The Morgan fingerprint density at radius 1 is 1.34 bits per heavy atom. The molecule has 3 aromatic rings. The number of rotatable bonds is 4. The van der Waals surface area contributed by atoms with E-state index in [1.807, 2.05) is 12.1 Å². The summed E-state index contributed by atoms with van der Waals surface area (Å²) in [5.74, 6) is 0.284. The number of aromatic amines is 1. The highest BCUT2D eigenvalue weighted by Crippen LogP contribution is 2.41. The van der Waals surface area contributed by atoms with E-state index in [4.69, 9.17) is 21.1 Å². The molecule has 2 aliphatic heterocycles. The molecule has 0 amide bonds. The molecule has 8 heteroatoms. The lowest BCUT2D eigenvalue weighted by Gasteiger charge is -2.47. The van der Waals surface area contributed by atoms with Gasteiger partial charge in [-0.15, -0.1) is 0 Å². The SMILES string of the molecule is COc1nc(N2CC3(CCCO3)C2)ccc1-c1cc2c(C(=O)O)c[nH]c2cc1Cl. The third kappa shape index (κ3) is 2.92. The van der Waals surface area contributed by atoms with Crippen molar-refractivity contribution in [2.24, 2.45) is 0 Å². The van der Waals surface area contributed by atoms with Crippen LogP contribution in [0.25, 0.3) is 22.0 Å². The summed E-state index contributed by atoms with van der Waals surface area (Å²) in [6.07, 6.45) is 3.68. The third-order valence-electron chi connectivity index (χ3n) is 5.80. The van der Waals surface area contributed by atoms with E-state index in [9.17, 15) is 9.90 Å². The number of H-pyrrole nitrogens is 1. The van der Waals surface area contributed by atoms with E-state index in [-0.39, 0.29) is 11.2 Å². The number of pyridine rings is 1. The molecule has 5 rings (SSSR count). The van der Waals surface area contributed by atoms with Gasteiger partial charge in [-0.1, -0.05) is 11.6 Å². The van der Waals surface area contributed by atoms with Crippen LogP contribution in [0.3, 0.4) is 0 Å². The lowest BCUT2D eigenvalue weighted by atomic mass is 9.91. The fourth-order valence-corrected chi connectivity index (χ4v) is 4.58. The molecule has 4 heterocycles. The van der Waals surface area contributed by atoms with Gasteiger partial charge in [-0.05, 0) is 37.1 Å². The van der Waals surface area contributed by atoms with Crippen molar-refractivity contribution in [3.63, 3.8) is 0 Å². The Bertz CT molecular complexity index is 1110. The molecule has 0 bridgehead atoms. The van der Waals surface area contributed by atoms with Gasteiger partial charge in [0.05, 0.1) is 30.8 Å². The topological polar surface area (TPSA) is 87.7 Å². The highest BCUT2D eigenvalue weighted by molar-refractivity contribution is 6.34. The number of methoxy groups -OCH3 is 1. The van der Waals surface area contributed by atoms with Gasteiger partial charge < -0.3 is 24.5 Å². The smallest absolute Gasteiger partial charge is 0.337 e. The van der Waals surface area contributed by atoms with Gasteiger partial charge in [0.1, 0.15) is 11.4 Å². The molecule has 0 atom stereocenters. The number of aromatic carboxylic acids is 1. The van der Waals surface area contributed by atoms with Crippen molar-refractivity contribution in [3.05, 3.63) is 41.0 Å². The lowest BCUT2D eigenvalue weighted by Crippen LogP contribution is -2.61. The van der Waals surface area contributed by atoms with Crippen LogP contribution in [0.4, 0.5) is 5.82 Å². The van der Waals surface area contributed by atoms with Crippen molar-refractivity contribution in [1.29, 1.82) is 0 Å². The number of halogens is 1. The second-order valence-electron chi connectivity index (χ2n) is 7.60. The molecular formula is C21H20ClN3O4. The first-order valence-corrected chi connectivity index (χ1v) is 9.86. The van der Waals surface area contributed by atoms with Gasteiger partial charge >= 0.3 is 5.97 Å². The normalized spacial score (nSPS) is 17.7. The van der Waals surface area contributed by atoms with Gasteiger partial charge in [-0.3, -0.25) is 0 Å². The Labute approximate surface area is 172 Å². The first kappa shape index (κ1) is 18.3. The van der Waals surface area contributed by atoms with E-state index in [1.165, 1.54) is 6.20 Å². The number of carboxylic acids is 1. The Balaban J connectivity index is 1.52. The summed E-state index contributed by atoms with van der Waals surface area (Å²) in [5, 5.41) is 10.5. The van der Waals surface area contributed by atoms with Crippen LogP contribution in [-0.4, -0.2) is 53.5 Å². The van der Waals surface area contributed by atoms with E-state index in [1.54, 1.807) is 19.2 Å². The first-order valence-electron chi connectivity index (χ1n) is 9.48. The number of nitrogens with one attached hydrogen (secondary N) is 1. The molecule has 0 saturated carbocycles. The van der Waals surface area contributed by atoms with Crippen LogP contribution in [0.1, 0.15) is 23.2 Å². The predicted molar refractivity (Wildman–Crippen MR) is 110 cm³/mol. The van der Waals surface area contributed by atoms with Crippen molar-refractivity contribution in [2.45, 2.75) is 18.4 Å². The molecule has 0 radical (unpaired) electrons. The third-order valence-corrected chi connectivity index (χ3v) is 6.11. The van der Waals surface area contributed by atoms with Crippen molar-refractivity contribution in [2.75, 3.05) is 31.7 Å². The molecule has 2 N–H and O–H groups in total. The van der Waals surface area contributed by atoms with Gasteiger partial charge in [-0.25, -0.2) is 4.79 Å². The lowest BCUT2D eigenvalue weighted by molar-refractivity contribution is -0.0184. The minimum Gasteiger partial charge on any atom is -0.480 e. The number of anilines is 1. The van der Waals surface area contributed by atoms with E-state index in [0.717, 1.165) is 38.4 Å². The molecule has 2 saturated heterocycles. The summed E-state index contributed by atoms with van der Waals surface area (Å²) in [5.41, 5.74) is 2.25. The molecule has 150 valence electrons. The summed E-state index contributed by atoms with van der Waals surface area (Å²) in [6.45, 7) is 2.50. The number of carboxylic acid groups (broad SMARTS) is 1. The van der Waals surface area contributed by atoms with E-state index >= 15 is 0 Å². The Morgan fingerprint density at radius 2 is 2.17 bits per heavy atom. The average molecular weight is 414 g/mol. The van der Waals surface area contributed by atoms with E-state index in [2.05, 4.69) is 14.9 Å². The van der Waals surface area contributed by atoms with Crippen LogP contribution in [0.15, 0.2) is 30.5 Å². The van der Waals surface area contributed by atoms with Crippen molar-refractivity contribution in [3.8, 4) is 17.0 Å². The minimum atomic E-state index is -0.995.